The number of carbonyl (C=O) groups is 2. The molecule has 1 aliphatic carbocycles. The molecular formula is C16H28N2O3. The molecule has 2 amide bonds. The van der Waals surface area contributed by atoms with E-state index in [9.17, 15) is 9.59 Å². The molecule has 1 aliphatic heterocycles. The standard InChI is InChI=1S/C16H28N2O3/c19-12-4-8-14-7-3-11-18(14)15(20)9-10-17-16(21)13-5-1-2-6-13/h13-14,19H,1-12H2,(H,17,21). The molecule has 1 saturated carbocycles. The average molecular weight is 296 g/mol. The second-order valence-electron chi connectivity index (χ2n) is 6.27. The third kappa shape index (κ3) is 4.70. The van der Waals surface area contributed by atoms with E-state index in [4.69, 9.17) is 5.11 Å². The highest BCUT2D eigenvalue weighted by Crippen LogP contribution is 2.25. The van der Waals surface area contributed by atoms with Gasteiger partial charge in [0.05, 0.1) is 0 Å². The van der Waals surface area contributed by atoms with Crippen LogP contribution in [0.1, 0.15) is 57.8 Å². The lowest BCUT2D eigenvalue weighted by Gasteiger charge is -2.24. The van der Waals surface area contributed by atoms with E-state index in [1.54, 1.807) is 0 Å². The van der Waals surface area contributed by atoms with E-state index in [2.05, 4.69) is 5.32 Å². The number of hydrogen-bond donors (Lipinski definition) is 2. The lowest BCUT2D eigenvalue weighted by atomic mass is 10.1. The van der Waals surface area contributed by atoms with Gasteiger partial charge in [-0.25, -0.2) is 0 Å². The number of carbonyl (C=O) groups excluding carboxylic acids is 2. The van der Waals surface area contributed by atoms with Gasteiger partial charge in [0.15, 0.2) is 0 Å². The normalized spacial score (nSPS) is 22.7. The molecular weight excluding hydrogens is 268 g/mol. The third-order valence-corrected chi connectivity index (χ3v) is 4.76. The van der Waals surface area contributed by atoms with Crippen LogP contribution in [-0.2, 0) is 9.59 Å². The first-order chi connectivity index (χ1) is 10.2. The Bertz CT molecular complexity index is 353. The van der Waals surface area contributed by atoms with Crippen LogP contribution in [0, 0.1) is 5.92 Å². The fourth-order valence-electron chi connectivity index (χ4n) is 3.56. The van der Waals surface area contributed by atoms with Crippen molar-refractivity contribution < 1.29 is 14.7 Å². The van der Waals surface area contributed by atoms with Gasteiger partial charge in [0.25, 0.3) is 0 Å². The van der Waals surface area contributed by atoms with Gasteiger partial charge in [0, 0.05) is 38.1 Å². The van der Waals surface area contributed by atoms with Gasteiger partial charge in [0.1, 0.15) is 0 Å². The zero-order valence-corrected chi connectivity index (χ0v) is 12.9. The Hall–Kier alpha value is -1.10. The Balaban J connectivity index is 1.67. The van der Waals surface area contributed by atoms with Crippen molar-refractivity contribution in [3.63, 3.8) is 0 Å². The first-order valence-electron chi connectivity index (χ1n) is 8.40. The number of aliphatic hydroxyl groups is 1. The molecule has 0 spiro atoms. The minimum absolute atomic E-state index is 0.124. The fourth-order valence-corrected chi connectivity index (χ4v) is 3.56. The average Bonchev–Trinajstić information content (AvgIpc) is 3.15. The summed E-state index contributed by atoms with van der Waals surface area (Å²) >= 11 is 0. The molecule has 120 valence electrons. The van der Waals surface area contributed by atoms with E-state index in [0.717, 1.165) is 57.9 Å². The van der Waals surface area contributed by atoms with Crippen LogP contribution in [0.15, 0.2) is 0 Å². The van der Waals surface area contributed by atoms with Gasteiger partial charge in [-0.05, 0) is 38.5 Å². The summed E-state index contributed by atoms with van der Waals surface area (Å²) in [6.07, 6.45) is 8.42. The number of hydrogen-bond acceptors (Lipinski definition) is 3. The largest absolute Gasteiger partial charge is 0.396 e. The van der Waals surface area contributed by atoms with E-state index < -0.39 is 0 Å². The zero-order valence-electron chi connectivity index (χ0n) is 12.9. The molecule has 1 heterocycles. The molecule has 0 aromatic heterocycles. The van der Waals surface area contributed by atoms with E-state index in [1.165, 1.54) is 0 Å². The van der Waals surface area contributed by atoms with Gasteiger partial charge < -0.3 is 15.3 Å². The minimum Gasteiger partial charge on any atom is -0.396 e. The minimum atomic E-state index is 0.124. The molecule has 0 bridgehead atoms. The second-order valence-corrected chi connectivity index (χ2v) is 6.27. The molecule has 2 fully saturated rings. The van der Waals surface area contributed by atoms with Crippen LogP contribution < -0.4 is 5.32 Å². The SMILES string of the molecule is O=C(NCCC(=O)N1CCCC1CCCO)C1CCCC1. The third-order valence-electron chi connectivity index (χ3n) is 4.76. The van der Waals surface area contributed by atoms with Crippen molar-refractivity contribution in [2.45, 2.75) is 63.8 Å². The maximum atomic E-state index is 12.2. The van der Waals surface area contributed by atoms with Crippen LogP contribution >= 0.6 is 0 Å². The Morgan fingerprint density at radius 3 is 2.62 bits per heavy atom. The van der Waals surface area contributed by atoms with Crippen LogP contribution in [0.3, 0.4) is 0 Å². The molecule has 1 atom stereocenters. The van der Waals surface area contributed by atoms with Crippen molar-refractivity contribution in [1.29, 1.82) is 0 Å². The van der Waals surface area contributed by atoms with Crippen molar-refractivity contribution in [2.24, 2.45) is 5.92 Å². The molecule has 2 aliphatic rings. The van der Waals surface area contributed by atoms with Crippen LogP contribution in [0.25, 0.3) is 0 Å². The van der Waals surface area contributed by atoms with Crippen molar-refractivity contribution in [3.8, 4) is 0 Å². The predicted molar refractivity (Wildman–Crippen MR) is 80.6 cm³/mol. The van der Waals surface area contributed by atoms with Gasteiger partial charge in [-0.15, -0.1) is 0 Å². The summed E-state index contributed by atoms with van der Waals surface area (Å²) in [6.45, 7) is 1.47. The quantitative estimate of drug-likeness (QED) is 0.747. The Labute approximate surface area is 127 Å². The molecule has 0 aromatic carbocycles. The Morgan fingerprint density at radius 2 is 1.90 bits per heavy atom. The summed E-state index contributed by atoms with van der Waals surface area (Å²) in [4.78, 5) is 26.1. The van der Waals surface area contributed by atoms with Crippen molar-refractivity contribution in [1.82, 2.24) is 10.2 Å². The van der Waals surface area contributed by atoms with Crippen LogP contribution in [0.5, 0.6) is 0 Å². The number of rotatable bonds is 7. The molecule has 21 heavy (non-hydrogen) atoms. The summed E-state index contributed by atoms with van der Waals surface area (Å²) in [7, 11) is 0. The number of likely N-dealkylation sites (tertiary alicyclic amines) is 1. The number of nitrogens with one attached hydrogen (secondary N) is 1. The smallest absolute Gasteiger partial charge is 0.224 e. The number of amides is 2. The van der Waals surface area contributed by atoms with Crippen LogP contribution in [0.2, 0.25) is 0 Å². The van der Waals surface area contributed by atoms with Crippen molar-refractivity contribution >= 4 is 11.8 Å². The monoisotopic (exact) mass is 296 g/mol. The van der Waals surface area contributed by atoms with E-state index >= 15 is 0 Å². The first-order valence-corrected chi connectivity index (χ1v) is 8.40. The second kappa shape index (κ2) is 8.37. The molecule has 5 nitrogen and oxygen atoms in total. The van der Waals surface area contributed by atoms with Crippen LogP contribution in [0.4, 0.5) is 0 Å². The molecule has 5 heteroatoms. The van der Waals surface area contributed by atoms with E-state index in [1.807, 2.05) is 4.90 Å². The zero-order chi connectivity index (χ0) is 15.1. The highest BCUT2D eigenvalue weighted by atomic mass is 16.3. The lowest BCUT2D eigenvalue weighted by molar-refractivity contribution is -0.132. The number of nitrogens with zero attached hydrogens (tertiary/aromatic N) is 1. The van der Waals surface area contributed by atoms with Gasteiger partial charge in [-0.1, -0.05) is 12.8 Å². The molecule has 2 N–H and O–H groups in total. The predicted octanol–water partition coefficient (Wildman–Crippen LogP) is 1.45. The molecule has 1 saturated heterocycles. The fraction of sp³-hybridized carbons (Fsp3) is 0.875. The van der Waals surface area contributed by atoms with Crippen molar-refractivity contribution in [3.05, 3.63) is 0 Å². The topological polar surface area (TPSA) is 69.6 Å². The summed E-state index contributed by atoms with van der Waals surface area (Å²) in [5.41, 5.74) is 0. The van der Waals surface area contributed by atoms with Gasteiger partial charge in [-0.2, -0.15) is 0 Å². The summed E-state index contributed by atoms with van der Waals surface area (Å²) < 4.78 is 0. The van der Waals surface area contributed by atoms with E-state index in [0.29, 0.717) is 13.0 Å². The number of aliphatic hydroxyl groups excluding tert-OH is 1. The molecule has 2 rings (SSSR count). The highest BCUT2D eigenvalue weighted by molar-refractivity contribution is 5.80. The Morgan fingerprint density at radius 1 is 1.14 bits per heavy atom. The summed E-state index contributed by atoms with van der Waals surface area (Å²) in [5.74, 6) is 0.435. The maximum absolute atomic E-state index is 12.2. The van der Waals surface area contributed by atoms with Crippen molar-refractivity contribution in [2.75, 3.05) is 19.7 Å². The summed E-state index contributed by atoms with van der Waals surface area (Å²) in [6, 6.07) is 0.287. The van der Waals surface area contributed by atoms with Gasteiger partial charge >= 0.3 is 0 Å². The lowest BCUT2D eigenvalue weighted by Crippen LogP contribution is -2.38. The molecule has 0 aromatic rings. The van der Waals surface area contributed by atoms with Gasteiger partial charge in [0.2, 0.25) is 11.8 Å². The molecule has 0 radical (unpaired) electrons. The van der Waals surface area contributed by atoms with Gasteiger partial charge in [-0.3, -0.25) is 9.59 Å². The molecule has 1 unspecified atom stereocenters. The highest BCUT2D eigenvalue weighted by Gasteiger charge is 2.28. The first kappa shape index (κ1) is 16.3. The van der Waals surface area contributed by atoms with E-state index in [-0.39, 0.29) is 30.4 Å². The Kier molecular flexibility index (Phi) is 6.49. The van der Waals surface area contributed by atoms with Crippen LogP contribution in [-0.4, -0.2) is 47.6 Å². The summed E-state index contributed by atoms with van der Waals surface area (Å²) in [5, 5.41) is 11.8. The maximum Gasteiger partial charge on any atom is 0.224 e.